The summed E-state index contributed by atoms with van der Waals surface area (Å²) in [5.74, 6) is -1.35. The molecule has 206 valence electrons. The third-order valence-corrected chi connectivity index (χ3v) is 7.01. The molecule has 0 saturated carbocycles. The van der Waals surface area contributed by atoms with Gasteiger partial charge in [-0.2, -0.15) is 0 Å². The Balaban J connectivity index is 1.84. The number of allylic oxidation sites excluding steroid dienone is 4. The molecule has 0 heterocycles. The van der Waals surface area contributed by atoms with Crippen LogP contribution in [0.2, 0.25) is 0 Å². The zero-order valence-electron chi connectivity index (χ0n) is 23.2. The molecule has 1 aliphatic rings. The highest BCUT2D eigenvalue weighted by Gasteiger charge is 2.35. The maximum absolute atomic E-state index is 13.7. The summed E-state index contributed by atoms with van der Waals surface area (Å²) in [4.78, 5) is 53.8. The number of benzene rings is 2. The summed E-state index contributed by atoms with van der Waals surface area (Å²) in [6.07, 6.45) is 11.1. The SMILES string of the molecule is CCCCCCCCCCCC1=C(C(=O)c2cccc(OC)c2)C(=O)C=C(C(=O)c2cccc(OC)c2)C1=O. The smallest absolute Gasteiger partial charge is 0.197 e. The summed E-state index contributed by atoms with van der Waals surface area (Å²) >= 11 is 0. The van der Waals surface area contributed by atoms with Gasteiger partial charge < -0.3 is 9.47 Å². The molecule has 2 aromatic carbocycles. The number of carbonyl (C=O) groups excluding carboxylic acids is 4. The number of unbranched alkanes of at least 4 members (excludes halogenated alkanes) is 8. The van der Waals surface area contributed by atoms with E-state index in [2.05, 4.69) is 6.92 Å². The minimum atomic E-state index is -0.625. The van der Waals surface area contributed by atoms with Crippen LogP contribution in [0.4, 0.5) is 0 Å². The van der Waals surface area contributed by atoms with Crippen LogP contribution in [-0.2, 0) is 9.59 Å². The van der Waals surface area contributed by atoms with Gasteiger partial charge in [0.1, 0.15) is 11.5 Å². The fourth-order valence-corrected chi connectivity index (χ4v) is 4.79. The van der Waals surface area contributed by atoms with Gasteiger partial charge in [-0.25, -0.2) is 0 Å². The standard InChI is InChI=1S/C33H38O6/c1-4-5-6-7-8-9-10-11-12-19-27-30(32(36)24-16-14-18-26(21-24)39-3)29(34)22-28(33(27)37)31(35)23-15-13-17-25(20-23)38-2/h13-18,20-22H,4-12,19H2,1-3H3. The maximum Gasteiger partial charge on any atom is 0.197 e. The van der Waals surface area contributed by atoms with Gasteiger partial charge in [-0.1, -0.05) is 82.6 Å². The first-order valence-corrected chi connectivity index (χ1v) is 13.8. The van der Waals surface area contributed by atoms with Crippen molar-refractivity contribution in [3.8, 4) is 11.5 Å². The Bertz CT molecular complexity index is 1270. The van der Waals surface area contributed by atoms with Crippen molar-refractivity contribution in [3.05, 3.63) is 82.5 Å². The van der Waals surface area contributed by atoms with Gasteiger partial charge >= 0.3 is 0 Å². The van der Waals surface area contributed by atoms with Crippen LogP contribution < -0.4 is 9.47 Å². The van der Waals surface area contributed by atoms with E-state index < -0.39 is 23.1 Å². The van der Waals surface area contributed by atoms with Gasteiger partial charge in [0, 0.05) is 22.8 Å². The van der Waals surface area contributed by atoms with Crippen molar-refractivity contribution < 1.29 is 28.7 Å². The molecule has 0 bridgehead atoms. The van der Waals surface area contributed by atoms with Crippen LogP contribution in [0.5, 0.6) is 11.5 Å². The first-order chi connectivity index (χ1) is 18.9. The van der Waals surface area contributed by atoms with E-state index in [1.807, 2.05) is 0 Å². The van der Waals surface area contributed by atoms with Crippen LogP contribution in [0.25, 0.3) is 0 Å². The van der Waals surface area contributed by atoms with E-state index in [4.69, 9.17) is 9.47 Å². The monoisotopic (exact) mass is 530 g/mol. The van der Waals surface area contributed by atoms with E-state index in [0.29, 0.717) is 17.9 Å². The number of ketones is 4. The van der Waals surface area contributed by atoms with Crippen molar-refractivity contribution in [2.24, 2.45) is 0 Å². The molecule has 0 spiro atoms. The highest BCUT2D eigenvalue weighted by Crippen LogP contribution is 2.30. The highest BCUT2D eigenvalue weighted by molar-refractivity contribution is 6.43. The van der Waals surface area contributed by atoms with Crippen molar-refractivity contribution in [1.82, 2.24) is 0 Å². The fraction of sp³-hybridized carbons (Fsp3) is 0.394. The second-order valence-electron chi connectivity index (χ2n) is 9.81. The molecule has 39 heavy (non-hydrogen) atoms. The average Bonchev–Trinajstić information content (AvgIpc) is 2.97. The summed E-state index contributed by atoms with van der Waals surface area (Å²) in [7, 11) is 2.98. The molecule has 6 heteroatoms. The third-order valence-electron chi connectivity index (χ3n) is 7.01. The lowest BCUT2D eigenvalue weighted by molar-refractivity contribution is -0.115. The lowest BCUT2D eigenvalue weighted by atomic mass is 9.81. The second-order valence-corrected chi connectivity index (χ2v) is 9.81. The van der Waals surface area contributed by atoms with Crippen molar-refractivity contribution in [3.63, 3.8) is 0 Å². The molecule has 0 fully saturated rings. The fourth-order valence-electron chi connectivity index (χ4n) is 4.79. The van der Waals surface area contributed by atoms with Gasteiger partial charge in [-0.05, 0) is 37.1 Å². The van der Waals surface area contributed by atoms with Gasteiger partial charge in [-0.15, -0.1) is 0 Å². The van der Waals surface area contributed by atoms with Crippen molar-refractivity contribution in [2.75, 3.05) is 14.2 Å². The van der Waals surface area contributed by atoms with Crippen LogP contribution in [-0.4, -0.2) is 37.4 Å². The Hall–Kier alpha value is -3.80. The van der Waals surface area contributed by atoms with Gasteiger partial charge in [0.05, 0.1) is 25.4 Å². The number of hydrogen-bond acceptors (Lipinski definition) is 6. The molecular weight excluding hydrogens is 492 g/mol. The Morgan fingerprint density at radius 3 is 1.74 bits per heavy atom. The Kier molecular flexibility index (Phi) is 11.4. The molecule has 0 saturated heterocycles. The van der Waals surface area contributed by atoms with E-state index in [1.54, 1.807) is 42.5 Å². The van der Waals surface area contributed by atoms with Crippen LogP contribution >= 0.6 is 0 Å². The highest BCUT2D eigenvalue weighted by atomic mass is 16.5. The van der Waals surface area contributed by atoms with E-state index in [0.717, 1.165) is 25.3 Å². The molecule has 6 nitrogen and oxygen atoms in total. The van der Waals surface area contributed by atoms with Crippen molar-refractivity contribution in [2.45, 2.75) is 71.1 Å². The predicted molar refractivity (Wildman–Crippen MR) is 152 cm³/mol. The molecule has 0 radical (unpaired) electrons. The van der Waals surface area contributed by atoms with Crippen molar-refractivity contribution in [1.29, 1.82) is 0 Å². The molecule has 0 unspecified atom stereocenters. The third kappa shape index (κ3) is 7.85. The van der Waals surface area contributed by atoms with Crippen LogP contribution in [0.15, 0.2) is 71.3 Å². The van der Waals surface area contributed by atoms with Crippen LogP contribution in [0.1, 0.15) is 91.8 Å². The number of hydrogen-bond donors (Lipinski definition) is 0. The summed E-state index contributed by atoms with van der Waals surface area (Å²) in [5, 5.41) is 0. The van der Waals surface area contributed by atoms with Gasteiger partial charge in [0.15, 0.2) is 23.1 Å². The number of methoxy groups -OCH3 is 2. The van der Waals surface area contributed by atoms with E-state index >= 15 is 0 Å². The normalized spacial score (nSPS) is 13.4. The first-order valence-electron chi connectivity index (χ1n) is 13.8. The minimum absolute atomic E-state index is 0.115. The molecule has 2 aromatic rings. The topological polar surface area (TPSA) is 86.7 Å². The number of ether oxygens (including phenoxy) is 2. The summed E-state index contributed by atoms with van der Waals surface area (Å²) in [6.45, 7) is 2.20. The molecule has 0 aromatic heterocycles. The molecule has 0 aliphatic heterocycles. The quantitative estimate of drug-likeness (QED) is 0.0999. The van der Waals surface area contributed by atoms with Crippen molar-refractivity contribution >= 4 is 23.1 Å². The first kappa shape index (κ1) is 29.8. The largest absolute Gasteiger partial charge is 0.497 e. The molecule has 0 atom stereocenters. The molecule has 3 rings (SSSR count). The molecule has 0 amide bonds. The van der Waals surface area contributed by atoms with Gasteiger partial charge in [-0.3, -0.25) is 19.2 Å². The van der Waals surface area contributed by atoms with Gasteiger partial charge in [0.2, 0.25) is 0 Å². The zero-order chi connectivity index (χ0) is 28.2. The maximum atomic E-state index is 13.7. The summed E-state index contributed by atoms with van der Waals surface area (Å²) in [6, 6.07) is 12.9. The Morgan fingerprint density at radius 1 is 0.692 bits per heavy atom. The zero-order valence-corrected chi connectivity index (χ0v) is 23.2. The predicted octanol–water partition coefficient (Wildman–Crippen LogP) is 7.07. The Morgan fingerprint density at radius 2 is 1.21 bits per heavy atom. The number of Topliss-reactive ketones (excluding diaryl/α,β-unsaturated/α-hetero) is 3. The second kappa shape index (κ2) is 15.0. The van der Waals surface area contributed by atoms with E-state index in [9.17, 15) is 19.2 Å². The Labute approximate surface area is 231 Å². The molecule has 0 N–H and O–H groups in total. The summed E-state index contributed by atoms with van der Waals surface area (Å²) < 4.78 is 10.4. The lowest BCUT2D eigenvalue weighted by Gasteiger charge is -2.19. The average molecular weight is 531 g/mol. The minimum Gasteiger partial charge on any atom is -0.497 e. The van der Waals surface area contributed by atoms with E-state index in [-0.39, 0.29) is 34.3 Å². The lowest BCUT2D eigenvalue weighted by Crippen LogP contribution is -2.27. The van der Waals surface area contributed by atoms with Crippen LogP contribution in [0, 0.1) is 0 Å². The van der Waals surface area contributed by atoms with Gasteiger partial charge in [0.25, 0.3) is 0 Å². The molecule has 1 aliphatic carbocycles. The summed E-state index contributed by atoms with van der Waals surface area (Å²) in [5.41, 5.74) is 0.235. The number of carbonyl (C=O) groups is 4. The number of rotatable bonds is 16. The molecular formula is C33H38O6. The van der Waals surface area contributed by atoms with E-state index in [1.165, 1.54) is 52.4 Å². The van der Waals surface area contributed by atoms with Crippen LogP contribution in [0.3, 0.4) is 0 Å².